The van der Waals surface area contributed by atoms with Gasteiger partial charge in [0.25, 0.3) is 0 Å². The smallest absolute Gasteiger partial charge is 0.217 e. The molecule has 0 radical (unpaired) electrons. The third-order valence-corrected chi connectivity index (χ3v) is 4.65. The second-order valence-corrected chi connectivity index (χ2v) is 8.80. The molecular weight excluding hydrogens is 330 g/mol. The average molecular weight is 362 g/mol. The number of nitrogens with one attached hydrogen (secondary N) is 2. The molecule has 0 aromatic rings. The molecule has 1 heterocycles. The number of guanidine groups is 1. The van der Waals surface area contributed by atoms with Crippen LogP contribution in [-0.2, 0) is 14.8 Å². The van der Waals surface area contributed by atoms with Crippen LogP contribution >= 0.6 is 0 Å². The van der Waals surface area contributed by atoms with Gasteiger partial charge in [-0.3, -0.25) is 9.79 Å². The monoisotopic (exact) mass is 361 g/mol. The Balaban J connectivity index is 2.79. The number of likely N-dealkylation sites (tertiary alicyclic amines) is 1. The van der Waals surface area contributed by atoms with Gasteiger partial charge in [0.15, 0.2) is 5.96 Å². The summed E-state index contributed by atoms with van der Waals surface area (Å²) in [6.07, 6.45) is 3.49. The molecule has 0 spiro atoms. The van der Waals surface area contributed by atoms with Gasteiger partial charge in [-0.25, -0.2) is 13.1 Å². The van der Waals surface area contributed by atoms with Gasteiger partial charge in [-0.05, 0) is 39.5 Å². The molecule has 1 aliphatic heterocycles. The van der Waals surface area contributed by atoms with Crippen LogP contribution < -0.4 is 15.8 Å². The van der Waals surface area contributed by atoms with E-state index < -0.39 is 15.6 Å². The molecule has 0 aromatic carbocycles. The van der Waals surface area contributed by atoms with Gasteiger partial charge in [0.1, 0.15) is 0 Å². The molecule has 0 aromatic heterocycles. The standard InChI is InChI=1S/C15H31N5O3S/c1-5-17-14(18-11-15(2,3)19-24(4,22)23)20-8-6-7-12(10-20)9-13(16)21/h12,19H,5-11H2,1-4H3,(H2,16,21)(H,17,18). The van der Waals surface area contributed by atoms with Crippen LogP contribution in [-0.4, -0.2) is 63.2 Å². The third-order valence-electron chi connectivity index (χ3n) is 3.73. The van der Waals surface area contributed by atoms with Crippen LogP contribution in [0, 0.1) is 5.92 Å². The molecule has 24 heavy (non-hydrogen) atoms. The lowest BCUT2D eigenvalue weighted by Crippen LogP contribution is -2.49. The van der Waals surface area contributed by atoms with Gasteiger partial charge in [0.05, 0.1) is 12.8 Å². The van der Waals surface area contributed by atoms with Crippen molar-refractivity contribution < 1.29 is 13.2 Å². The van der Waals surface area contributed by atoms with Crippen LogP contribution in [0.15, 0.2) is 4.99 Å². The highest BCUT2D eigenvalue weighted by Gasteiger charge is 2.25. The second-order valence-electron chi connectivity index (χ2n) is 7.05. The Morgan fingerprint density at radius 1 is 1.42 bits per heavy atom. The number of hydrogen-bond donors (Lipinski definition) is 3. The predicted molar refractivity (Wildman–Crippen MR) is 96.1 cm³/mol. The zero-order valence-corrected chi connectivity index (χ0v) is 15.9. The molecular formula is C15H31N5O3S. The number of nitrogens with zero attached hydrogens (tertiary/aromatic N) is 2. The normalized spacial score (nSPS) is 20.1. The minimum absolute atomic E-state index is 0.238. The number of carbonyl (C=O) groups is 1. The fourth-order valence-corrected chi connectivity index (χ4v) is 4.01. The zero-order chi connectivity index (χ0) is 18.4. The third kappa shape index (κ3) is 7.96. The summed E-state index contributed by atoms with van der Waals surface area (Å²) in [5.74, 6) is 0.708. The van der Waals surface area contributed by atoms with E-state index in [1.54, 1.807) is 13.8 Å². The summed E-state index contributed by atoms with van der Waals surface area (Å²) in [5, 5.41) is 3.24. The van der Waals surface area contributed by atoms with E-state index in [0.717, 1.165) is 44.7 Å². The lowest BCUT2D eigenvalue weighted by atomic mass is 9.95. The van der Waals surface area contributed by atoms with Crippen molar-refractivity contribution in [1.29, 1.82) is 0 Å². The Bertz CT molecular complexity index is 559. The number of rotatable bonds is 7. The van der Waals surface area contributed by atoms with Gasteiger partial charge in [-0.15, -0.1) is 0 Å². The number of piperidine rings is 1. The molecule has 1 rings (SSSR count). The summed E-state index contributed by atoms with van der Waals surface area (Å²) in [5.41, 5.74) is 4.64. The number of amides is 1. The maximum absolute atomic E-state index is 11.4. The number of sulfonamides is 1. The zero-order valence-electron chi connectivity index (χ0n) is 15.1. The first-order chi connectivity index (χ1) is 11.0. The molecule has 4 N–H and O–H groups in total. The molecule has 140 valence electrons. The van der Waals surface area contributed by atoms with Crippen LogP contribution in [0.2, 0.25) is 0 Å². The number of nitrogens with two attached hydrogens (primary N) is 1. The van der Waals surface area contributed by atoms with E-state index in [0.29, 0.717) is 13.0 Å². The molecule has 1 amide bonds. The lowest BCUT2D eigenvalue weighted by molar-refractivity contribution is -0.119. The fraction of sp³-hybridized carbons (Fsp3) is 0.867. The minimum Gasteiger partial charge on any atom is -0.370 e. The number of hydrogen-bond acceptors (Lipinski definition) is 4. The van der Waals surface area contributed by atoms with Crippen LogP contribution in [0.1, 0.15) is 40.0 Å². The van der Waals surface area contributed by atoms with Gasteiger partial charge >= 0.3 is 0 Å². The summed E-state index contributed by atoms with van der Waals surface area (Å²) in [6.45, 7) is 8.21. The van der Waals surface area contributed by atoms with E-state index in [9.17, 15) is 13.2 Å². The van der Waals surface area contributed by atoms with Crippen molar-refractivity contribution >= 4 is 21.9 Å². The Morgan fingerprint density at radius 2 is 2.08 bits per heavy atom. The molecule has 0 saturated carbocycles. The number of aliphatic imine (C=N–C) groups is 1. The Kier molecular flexibility index (Phi) is 7.47. The van der Waals surface area contributed by atoms with Gasteiger partial charge < -0.3 is 16.0 Å². The molecule has 1 fully saturated rings. The number of carbonyl (C=O) groups excluding carboxylic acids is 1. The summed E-state index contributed by atoms with van der Waals surface area (Å²) in [7, 11) is -3.29. The van der Waals surface area contributed by atoms with E-state index in [1.165, 1.54) is 0 Å². The van der Waals surface area contributed by atoms with Crippen molar-refractivity contribution in [1.82, 2.24) is 14.9 Å². The topological polar surface area (TPSA) is 117 Å². The van der Waals surface area contributed by atoms with Crippen LogP contribution in [0.25, 0.3) is 0 Å². The average Bonchev–Trinajstić information content (AvgIpc) is 2.40. The van der Waals surface area contributed by atoms with Gasteiger partial charge in [0, 0.05) is 31.6 Å². The summed E-state index contributed by atoms with van der Waals surface area (Å²) in [6, 6.07) is 0. The second kappa shape index (κ2) is 8.66. The van der Waals surface area contributed by atoms with Crippen LogP contribution in [0.5, 0.6) is 0 Å². The molecule has 0 aliphatic carbocycles. The largest absolute Gasteiger partial charge is 0.370 e. The predicted octanol–water partition coefficient (Wildman–Crippen LogP) is -0.133. The fourth-order valence-electron chi connectivity index (χ4n) is 2.94. The first-order valence-electron chi connectivity index (χ1n) is 8.33. The molecule has 9 heteroatoms. The molecule has 0 bridgehead atoms. The van der Waals surface area contributed by atoms with Gasteiger partial charge in [-0.1, -0.05) is 0 Å². The van der Waals surface area contributed by atoms with Crippen molar-refractivity contribution in [3.05, 3.63) is 0 Å². The quantitative estimate of drug-likeness (QED) is 0.431. The first kappa shape index (κ1) is 20.7. The summed E-state index contributed by atoms with van der Waals surface area (Å²) in [4.78, 5) is 17.9. The maximum Gasteiger partial charge on any atom is 0.217 e. The van der Waals surface area contributed by atoms with Gasteiger partial charge in [0.2, 0.25) is 15.9 Å². The molecule has 8 nitrogen and oxygen atoms in total. The van der Waals surface area contributed by atoms with E-state index >= 15 is 0 Å². The highest BCUT2D eigenvalue weighted by molar-refractivity contribution is 7.88. The van der Waals surface area contributed by atoms with Crippen LogP contribution in [0.3, 0.4) is 0 Å². The number of primary amides is 1. The SMILES string of the molecule is CCNC(=NCC(C)(C)NS(C)(=O)=O)N1CCCC(CC(N)=O)C1. The van der Waals surface area contributed by atoms with Crippen molar-refractivity contribution in [3.63, 3.8) is 0 Å². The van der Waals surface area contributed by atoms with E-state index in [4.69, 9.17) is 5.73 Å². The van der Waals surface area contributed by atoms with E-state index in [2.05, 4.69) is 19.9 Å². The lowest BCUT2D eigenvalue weighted by Gasteiger charge is -2.35. The highest BCUT2D eigenvalue weighted by Crippen LogP contribution is 2.19. The summed E-state index contributed by atoms with van der Waals surface area (Å²) < 4.78 is 25.5. The molecule has 1 atom stereocenters. The highest BCUT2D eigenvalue weighted by atomic mass is 32.2. The van der Waals surface area contributed by atoms with Crippen molar-refractivity contribution in [2.24, 2.45) is 16.6 Å². The van der Waals surface area contributed by atoms with Gasteiger partial charge in [-0.2, -0.15) is 0 Å². The van der Waals surface area contributed by atoms with Crippen molar-refractivity contribution in [3.8, 4) is 0 Å². The van der Waals surface area contributed by atoms with Crippen LogP contribution in [0.4, 0.5) is 0 Å². The summed E-state index contributed by atoms with van der Waals surface area (Å²) >= 11 is 0. The first-order valence-corrected chi connectivity index (χ1v) is 10.2. The molecule has 1 saturated heterocycles. The maximum atomic E-state index is 11.4. The van der Waals surface area contributed by atoms with E-state index in [-0.39, 0.29) is 11.8 Å². The Labute approximate surface area is 145 Å². The molecule has 1 aliphatic rings. The van der Waals surface area contributed by atoms with Crippen molar-refractivity contribution in [2.45, 2.75) is 45.6 Å². The Hall–Kier alpha value is -1.35. The molecule has 1 unspecified atom stereocenters. The minimum atomic E-state index is -3.29. The van der Waals surface area contributed by atoms with Crippen molar-refractivity contribution in [2.75, 3.05) is 32.4 Å². The Morgan fingerprint density at radius 3 is 2.62 bits per heavy atom. The van der Waals surface area contributed by atoms with E-state index in [1.807, 2.05) is 6.92 Å².